The second-order valence-electron chi connectivity index (χ2n) is 17.2. The number of aliphatic hydroxyl groups excluding tert-OH is 1. The maximum Gasteiger partial charge on any atom is 0.0577 e. The van der Waals surface area contributed by atoms with Gasteiger partial charge >= 0.3 is 0 Å². The van der Waals surface area contributed by atoms with E-state index in [0.717, 1.165) is 48.3 Å². The molecule has 0 bridgehead atoms. The van der Waals surface area contributed by atoms with Gasteiger partial charge in [0.1, 0.15) is 0 Å². The molecule has 238 valence electrons. The Morgan fingerprint density at radius 3 is 2.42 bits per heavy atom. The van der Waals surface area contributed by atoms with Crippen LogP contribution in [0.3, 0.4) is 0 Å². The molecular formula is C44H56O. The minimum absolute atomic E-state index is 0.111. The summed E-state index contributed by atoms with van der Waals surface area (Å²) >= 11 is 0. The van der Waals surface area contributed by atoms with Crippen LogP contribution in [0.2, 0.25) is 0 Å². The molecule has 3 fully saturated rings. The molecule has 0 amide bonds. The summed E-state index contributed by atoms with van der Waals surface area (Å²) in [6.45, 7) is 12.5. The lowest BCUT2D eigenvalue weighted by Crippen LogP contribution is -2.51. The van der Waals surface area contributed by atoms with Crippen molar-refractivity contribution in [2.75, 3.05) is 0 Å². The third-order valence-corrected chi connectivity index (χ3v) is 14.5. The van der Waals surface area contributed by atoms with Crippen LogP contribution in [-0.2, 0) is 6.42 Å². The highest BCUT2D eigenvalue weighted by Gasteiger charge is 2.59. The van der Waals surface area contributed by atoms with E-state index in [4.69, 9.17) is 0 Å². The molecule has 0 heterocycles. The van der Waals surface area contributed by atoms with Crippen LogP contribution in [-0.4, -0.2) is 11.2 Å². The first-order chi connectivity index (χ1) is 21.7. The van der Waals surface area contributed by atoms with Gasteiger partial charge < -0.3 is 5.11 Å². The summed E-state index contributed by atoms with van der Waals surface area (Å²) in [7, 11) is 0. The number of benzene rings is 4. The van der Waals surface area contributed by atoms with Gasteiger partial charge in [0.25, 0.3) is 0 Å². The van der Waals surface area contributed by atoms with Gasteiger partial charge in [0.05, 0.1) is 6.10 Å². The molecular weight excluding hydrogens is 544 g/mol. The Balaban J connectivity index is 1.15. The van der Waals surface area contributed by atoms with Crippen molar-refractivity contribution >= 4 is 32.3 Å². The zero-order valence-corrected chi connectivity index (χ0v) is 28.7. The maximum absolute atomic E-state index is 10.5. The van der Waals surface area contributed by atoms with Crippen LogP contribution in [0.5, 0.6) is 0 Å². The SMILES string of the molecule is Cc1cc2ccc3cccc4ccc(c1C[C@H](CCCC(C)C)[C@H]1CC[C@H]5[C@@H]6CC=C7C[C@@H](O)CC[C@]7(C)[C@H]6CC[C@]15C)c2c34. The summed E-state index contributed by atoms with van der Waals surface area (Å²) in [6.07, 6.45) is 17.9. The van der Waals surface area contributed by atoms with E-state index in [-0.39, 0.29) is 6.10 Å². The van der Waals surface area contributed by atoms with Gasteiger partial charge in [-0.15, -0.1) is 0 Å². The van der Waals surface area contributed by atoms with Crippen LogP contribution >= 0.6 is 0 Å². The van der Waals surface area contributed by atoms with E-state index in [1.54, 1.807) is 11.1 Å². The highest BCUT2D eigenvalue weighted by atomic mass is 16.3. The monoisotopic (exact) mass is 600 g/mol. The molecule has 4 aliphatic carbocycles. The predicted octanol–water partition coefficient (Wildman–Crippen LogP) is 11.8. The minimum atomic E-state index is -0.111. The van der Waals surface area contributed by atoms with Crippen molar-refractivity contribution < 1.29 is 5.11 Å². The molecule has 45 heavy (non-hydrogen) atoms. The Hall–Kier alpha value is -2.38. The lowest BCUT2D eigenvalue weighted by Gasteiger charge is -2.58. The van der Waals surface area contributed by atoms with Gasteiger partial charge in [-0.2, -0.15) is 0 Å². The molecule has 0 aliphatic heterocycles. The Morgan fingerprint density at radius 1 is 0.844 bits per heavy atom. The minimum Gasteiger partial charge on any atom is -0.393 e. The molecule has 0 saturated heterocycles. The maximum atomic E-state index is 10.5. The summed E-state index contributed by atoms with van der Waals surface area (Å²) in [5.74, 6) is 4.87. The quantitative estimate of drug-likeness (QED) is 0.165. The molecule has 4 aromatic rings. The molecule has 3 saturated carbocycles. The molecule has 0 aromatic heterocycles. The van der Waals surface area contributed by atoms with E-state index in [9.17, 15) is 5.11 Å². The van der Waals surface area contributed by atoms with Gasteiger partial charge in [0, 0.05) is 0 Å². The molecule has 0 spiro atoms. The Labute approximate surface area is 272 Å². The van der Waals surface area contributed by atoms with E-state index in [1.807, 2.05) is 0 Å². The Kier molecular flexibility index (Phi) is 7.40. The predicted molar refractivity (Wildman–Crippen MR) is 192 cm³/mol. The smallest absolute Gasteiger partial charge is 0.0577 e. The highest BCUT2D eigenvalue weighted by molar-refractivity contribution is 6.23. The first kappa shape index (κ1) is 30.0. The number of hydrogen-bond donors (Lipinski definition) is 1. The first-order valence-electron chi connectivity index (χ1n) is 18.7. The van der Waals surface area contributed by atoms with Crippen LogP contribution < -0.4 is 0 Å². The normalized spacial score (nSPS) is 33.8. The Bertz CT molecular complexity index is 1730. The second-order valence-corrected chi connectivity index (χ2v) is 17.2. The third kappa shape index (κ3) is 4.72. The fraction of sp³-hybridized carbons (Fsp3) is 0.591. The van der Waals surface area contributed by atoms with Crippen molar-refractivity contribution in [2.24, 2.45) is 46.3 Å². The number of aliphatic hydroxyl groups is 1. The fourth-order valence-corrected chi connectivity index (χ4v) is 12.2. The van der Waals surface area contributed by atoms with Gasteiger partial charge in [-0.1, -0.05) is 101 Å². The molecule has 1 heteroatoms. The highest BCUT2D eigenvalue weighted by Crippen LogP contribution is 2.67. The zero-order valence-electron chi connectivity index (χ0n) is 28.7. The topological polar surface area (TPSA) is 20.2 Å². The summed E-state index contributed by atoms with van der Waals surface area (Å²) in [5, 5.41) is 19.1. The number of allylic oxidation sites excluding steroid dienone is 1. The lowest BCUT2D eigenvalue weighted by molar-refractivity contribution is -0.0585. The van der Waals surface area contributed by atoms with Crippen LogP contribution in [0.4, 0.5) is 0 Å². The average molecular weight is 601 g/mol. The van der Waals surface area contributed by atoms with Gasteiger partial charge in [-0.3, -0.25) is 0 Å². The largest absolute Gasteiger partial charge is 0.393 e. The molecule has 8 rings (SSSR count). The molecule has 1 nitrogen and oxygen atoms in total. The van der Waals surface area contributed by atoms with Crippen molar-refractivity contribution in [3.63, 3.8) is 0 Å². The number of fused-ring (bicyclic) bond motifs is 5. The fourth-order valence-electron chi connectivity index (χ4n) is 12.2. The van der Waals surface area contributed by atoms with E-state index in [0.29, 0.717) is 10.8 Å². The van der Waals surface area contributed by atoms with Crippen LogP contribution in [0.25, 0.3) is 32.3 Å². The second kappa shape index (κ2) is 11.1. The van der Waals surface area contributed by atoms with Crippen LogP contribution in [0.15, 0.2) is 60.2 Å². The summed E-state index contributed by atoms with van der Waals surface area (Å²) < 4.78 is 0. The van der Waals surface area contributed by atoms with Crippen molar-refractivity contribution in [1.82, 2.24) is 0 Å². The van der Waals surface area contributed by atoms with Crippen LogP contribution in [0.1, 0.15) is 109 Å². The van der Waals surface area contributed by atoms with Gasteiger partial charge in [0.15, 0.2) is 0 Å². The molecule has 8 atom stereocenters. The van der Waals surface area contributed by atoms with E-state index in [1.165, 1.54) is 102 Å². The van der Waals surface area contributed by atoms with Crippen molar-refractivity contribution in [3.05, 3.63) is 71.3 Å². The third-order valence-electron chi connectivity index (χ3n) is 14.5. The van der Waals surface area contributed by atoms with Crippen molar-refractivity contribution in [2.45, 2.75) is 118 Å². The number of rotatable bonds is 7. The average Bonchev–Trinajstić information content (AvgIpc) is 3.37. The Morgan fingerprint density at radius 2 is 1.62 bits per heavy atom. The molecule has 4 aromatic carbocycles. The van der Waals surface area contributed by atoms with Gasteiger partial charge in [-0.25, -0.2) is 0 Å². The van der Waals surface area contributed by atoms with Crippen molar-refractivity contribution in [3.8, 4) is 0 Å². The summed E-state index contributed by atoms with van der Waals surface area (Å²) in [6, 6.07) is 18.9. The lowest BCUT2D eigenvalue weighted by atomic mass is 9.46. The molecule has 4 aliphatic rings. The van der Waals surface area contributed by atoms with Crippen molar-refractivity contribution in [1.29, 1.82) is 0 Å². The summed E-state index contributed by atoms with van der Waals surface area (Å²) in [5.41, 5.74) is 5.52. The van der Waals surface area contributed by atoms with E-state index >= 15 is 0 Å². The standard InChI is InChI=1S/C44H56O/c1-27(2)8-6-11-31(25-37-28(3)24-32-13-12-29-9-7-10-30-14-16-35(37)42(32)41(29)30)38-18-19-39-36-17-15-33-26-34(45)20-22-43(33,4)40(36)21-23-44(38,39)5/h7,9-10,12-16,24,27,31,34,36,38-40,45H,6,8,11,17-23,25-26H2,1-5H3/t31-,34-,36-,38+,39-,40-,43-,44+/m0/s1. The first-order valence-corrected chi connectivity index (χ1v) is 18.7. The zero-order chi connectivity index (χ0) is 31.1. The van der Waals surface area contributed by atoms with Gasteiger partial charge in [-0.05, 0) is 161 Å². The van der Waals surface area contributed by atoms with E-state index in [2.05, 4.69) is 89.2 Å². The van der Waals surface area contributed by atoms with Gasteiger partial charge in [0.2, 0.25) is 0 Å². The van der Waals surface area contributed by atoms with E-state index < -0.39 is 0 Å². The molecule has 0 unspecified atom stereocenters. The molecule has 1 N–H and O–H groups in total. The van der Waals surface area contributed by atoms with Crippen LogP contribution in [0, 0.1) is 53.3 Å². The number of aryl methyl sites for hydroxylation is 1. The summed E-state index contributed by atoms with van der Waals surface area (Å²) in [4.78, 5) is 0. The molecule has 0 radical (unpaired) electrons. The number of hydrogen-bond acceptors (Lipinski definition) is 1.